The number of benzene rings is 5. The number of nitrogens with zero attached hydrogens (tertiary/aromatic N) is 2. The Kier molecular flexibility index (Phi) is 4.76. The molecule has 5 aromatic carbocycles. The van der Waals surface area contributed by atoms with Gasteiger partial charge in [0, 0.05) is 33.9 Å². The zero-order valence-electron chi connectivity index (χ0n) is 23.6. The van der Waals surface area contributed by atoms with Gasteiger partial charge in [-0.05, 0) is 51.7 Å². The molecule has 202 valence electrons. The molecule has 9 rings (SSSR count). The third kappa shape index (κ3) is 3.15. The van der Waals surface area contributed by atoms with Gasteiger partial charge in [0.25, 0.3) is 0 Å². The van der Waals surface area contributed by atoms with Gasteiger partial charge < -0.3 is 15.2 Å². The van der Waals surface area contributed by atoms with Crippen molar-refractivity contribution in [3.63, 3.8) is 0 Å². The van der Waals surface area contributed by atoms with Crippen LogP contribution in [0.15, 0.2) is 120 Å². The molecule has 2 aliphatic heterocycles. The molecule has 0 amide bonds. The highest BCUT2D eigenvalue weighted by Crippen LogP contribution is 2.53. The number of para-hydroxylation sites is 2. The molecular formula is C38H30N4. The third-order valence-corrected chi connectivity index (χ3v) is 9.39. The monoisotopic (exact) mass is 542 g/mol. The van der Waals surface area contributed by atoms with Gasteiger partial charge in [-0.2, -0.15) is 0 Å². The first kappa shape index (κ1) is 23.6. The molecule has 4 heteroatoms. The predicted molar refractivity (Wildman–Crippen MR) is 176 cm³/mol. The Balaban J connectivity index is 1.37. The molecule has 0 spiro atoms. The lowest BCUT2D eigenvalue weighted by molar-refractivity contribution is 0.584. The summed E-state index contributed by atoms with van der Waals surface area (Å²) in [6.45, 7) is 5.45. The highest BCUT2D eigenvalue weighted by atomic mass is 15.2. The van der Waals surface area contributed by atoms with Gasteiger partial charge in [0.1, 0.15) is 12.0 Å². The largest absolute Gasteiger partial charge is 0.380 e. The molecule has 3 aliphatic rings. The van der Waals surface area contributed by atoms with Crippen molar-refractivity contribution in [3.05, 3.63) is 137 Å². The van der Waals surface area contributed by atoms with Gasteiger partial charge in [0.15, 0.2) is 0 Å². The molecule has 1 aromatic heterocycles. The fraction of sp³-hybridized carbons (Fsp3) is 0.132. The van der Waals surface area contributed by atoms with Crippen molar-refractivity contribution >= 4 is 55.8 Å². The average Bonchev–Trinajstić information content (AvgIpc) is 3.47. The summed E-state index contributed by atoms with van der Waals surface area (Å²) in [6, 6.07) is 37.6. The molecule has 1 atom stereocenters. The Hall–Kier alpha value is -5.09. The van der Waals surface area contributed by atoms with Crippen molar-refractivity contribution in [2.75, 3.05) is 11.9 Å². The summed E-state index contributed by atoms with van der Waals surface area (Å²) in [5, 5.41) is 12.7. The van der Waals surface area contributed by atoms with Crippen molar-refractivity contribution < 1.29 is 0 Å². The van der Waals surface area contributed by atoms with Crippen molar-refractivity contribution in [2.24, 2.45) is 4.99 Å². The molecule has 1 aliphatic carbocycles. The molecule has 0 fully saturated rings. The van der Waals surface area contributed by atoms with Gasteiger partial charge in [-0.1, -0.05) is 105 Å². The van der Waals surface area contributed by atoms with Crippen molar-refractivity contribution in [3.8, 4) is 0 Å². The van der Waals surface area contributed by atoms with E-state index in [1.165, 1.54) is 54.8 Å². The van der Waals surface area contributed by atoms with Gasteiger partial charge in [0.05, 0.1) is 22.4 Å². The normalized spacial score (nSPS) is 18.4. The van der Waals surface area contributed by atoms with E-state index in [0.29, 0.717) is 0 Å². The summed E-state index contributed by atoms with van der Waals surface area (Å²) in [6.07, 6.45) is 4.23. The minimum Gasteiger partial charge on any atom is -0.380 e. The minimum atomic E-state index is -0.231. The van der Waals surface area contributed by atoms with Gasteiger partial charge >= 0.3 is 0 Å². The molecule has 1 unspecified atom stereocenters. The quantitative estimate of drug-likeness (QED) is 0.230. The van der Waals surface area contributed by atoms with Gasteiger partial charge in [0.2, 0.25) is 0 Å². The van der Waals surface area contributed by atoms with Crippen molar-refractivity contribution in [1.82, 2.24) is 9.88 Å². The van der Waals surface area contributed by atoms with Crippen LogP contribution in [-0.4, -0.2) is 16.9 Å². The maximum absolute atomic E-state index is 5.47. The number of rotatable bonds is 2. The van der Waals surface area contributed by atoms with Crippen LogP contribution in [0.5, 0.6) is 0 Å². The van der Waals surface area contributed by atoms with E-state index in [-0.39, 0.29) is 11.6 Å². The summed E-state index contributed by atoms with van der Waals surface area (Å²) in [5.74, 6) is 0.908. The van der Waals surface area contributed by atoms with Crippen LogP contribution < -0.4 is 10.6 Å². The third-order valence-electron chi connectivity index (χ3n) is 9.39. The Bertz CT molecular complexity index is 2210. The summed E-state index contributed by atoms with van der Waals surface area (Å²) in [5.41, 5.74) is 10.6. The van der Waals surface area contributed by atoms with Crippen molar-refractivity contribution in [2.45, 2.75) is 25.4 Å². The first-order valence-corrected chi connectivity index (χ1v) is 14.7. The SMILES string of the molecule is CC1(C)C2=C(c3ccccc31)C(n1c3ccccc3c3cc4ccccc4cc31)NC(c1cccc3c1NCC=C3)=N2. The second-order valence-corrected chi connectivity index (χ2v) is 12.1. The Morgan fingerprint density at radius 1 is 0.762 bits per heavy atom. The number of hydrogen-bond donors (Lipinski definition) is 2. The molecule has 4 nitrogen and oxygen atoms in total. The topological polar surface area (TPSA) is 41.4 Å². The fourth-order valence-corrected chi connectivity index (χ4v) is 7.42. The van der Waals surface area contributed by atoms with Crippen LogP contribution >= 0.6 is 0 Å². The second-order valence-electron chi connectivity index (χ2n) is 12.1. The summed E-state index contributed by atoms with van der Waals surface area (Å²) in [7, 11) is 0. The number of nitrogens with one attached hydrogen (secondary N) is 2. The Morgan fingerprint density at radius 3 is 2.43 bits per heavy atom. The standard InChI is InChI=1S/C38H30N4/c1-38(2)30-18-7-5-16-27(30)33-35(38)40-36(28-17-9-13-23-14-10-20-39-34(23)28)41-37(33)42-31-19-8-6-15-26(31)29-21-24-11-3-4-12-25(24)22-32(29)42/h3-19,21-22,37,39H,20H2,1-2H3,(H,40,41). The molecule has 0 saturated heterocycles. The number of aliphatic imine (C=N–C) groups is 1. The summed E-state index contributed by atoms with van der Waals surface area (Å²) >= 11 is 0. The molecule has 42 heavy (non-hydrogen) atoms. The van der Waals surface area contributed by atoms with Crippen LogP contribution in [0.1, 0.15) is 42.3 Å². The van der Waals surface area contributed by atoms with Gasteiger partial charge in [-0.15, -0.1) is 0 Å². The van der Waals surface area contributed by atoms with E-state index in [0.717, 1.165) is 29.3 Å². The first-order valence-electron chi connectivity index (χ1n) is 14.7. The number of allylic oxidation sites excluding steroid dienone is 1. The highest BCUT2D eigenvalue weighted by molar-refractivity contribution is 6.14. The second kappa shape index (κ2) is 8.46. The highest BCUT2D eigenvalue weighted by Gasteiger charge is 2.44. The van der Waals surface area contributed by atoms with Gasteiger partial charge in [-0.25, -0.2) is 4.99 Å². The fourth-order valence-electron chi connectivity index (χ4n) is 7.42. The van der Waals surface area contributed by atoms with E-state index >= 15 is 0 Å². The Morgan fingerprint density at radius 2 is 1.52 bits per heavy atom. The number of aromatic nitrogens is 1. The molecule has 6 aromatic rings. The van der Waals surface area contributed by atoms with E-state index in [4.69, 9.17) is 4.99 Å². The maximum atomic E-state index is 5.47. The van der Waals surface area contributed by atoms with E-state index in [1.54, 1.807) is 0 Å². The van der Waals surface area contributed by atoms with Crippen LogP contribution in [0, 0.1) is 0 Å². The zero-order chi connectivity index (χ0) is 28.0. The molecule has 2 N–H and O–H groups in total. The molecule has 0 radical (unpaired) electrons. The number of hydrogen-bond acceptors (Lipinski definition) is 3. The molecular weight excluding hydrogens is 512 g/mol. The Labute approximate surface area is 244 Å². The minimum absolute atomic E-state index is 0.144. The van der Waals surface area contributed by atoms with Crippen molar-refractivity contribution in [1.29, 1.82) is 0 Å². The summed E-state index contributed by atoms with van der Waals surface area (Å²) in [4.78, 5) is 5.47. The lowest BCUT2D eigenvalue weighted by Gasteiger charge is -2.33. The maximum Gasteiger partial charge on any atom is 0.137 e. The van der Waals surface area contributed by atoms with E-state index < -0.39 is 0 Å². The van der Waals surface area contributed by atoms with Crippen LogP contribution in [-0.2, 0) is 5.41 Å². The summed E-state index contributed by atoms with van der Waals surface area (Å²) < 4.78 is 2.52. The van der Waals surface area contributed by atoms with Gasteiger partial charge in [-0.3, -0.25) is 0 Å². The van der Waals surface area contributed by atoms with Crippen LogP contribution in [0.4, 0.5) is 5.69 Å². The van der Waals surface area contributed by atoms with E-state index in [2.05, 4.69) is 144 Å². The molecule has 3 heterocycles. The van der Waals surface area contributed by atoms with Crippen LogP contribution in [0.25, 0.3) is 44.2 Å². The lowest BCUT2D eigenvalue weighted by atomic mass is 9.84. The van der Waals surface area contributed by atoms with E-state index in [1.807, 2.05) is 0 Å². The first-order chi connectivity index (χ1) is 20.6. The zero-order valence-corrected chi connectivity index (χ0v) is 23.6. The predicted octanol–water partition coefficient (Wildman–Crippen LogP) is 8.64. The number of anilines is 1. The number of amidine groups is 1. The molecule has 0 bridgehead atoms. The molecule has 0 saturated carbocycles. The average molecular weight is 543 g/mol. The number of fused-ring (bicyclic) bond motifs is 7. The smallest absolute Gasteiger partial charge is 0.137 e. The van der Waals surface area contributed by atoms with Crippen LogP contribution in [0.3, 0.4) is 0 Å². The van der Waals surface area contributed by atoms with E-state index in [9.17, 15) is 0 Å². The lowest BCUT2D eigenvalue weighted by Crippen LogP contribution is -2.38. The van der Waals surface area contributed by atoms with Crippen LogP contribution in [0.2, 0.25) is 0 Å².